The molecule has 1 heterocycles. The predicted octanol–water partition coefficient (Wildman–Crippen LogP) is 3.32. The van der Waals surface area contributed by atoms with Gasteiger partial charge in [-0.15, -0.1) is 0 Å². The lowest BCUT2D eigenvalue weighted by atomic mass is 9.97. The van der Waals surface area contributed by atoms with Crippen molar-refractivity contribution in [1.29, 1.82) is 0 Å². The Labute approximate surface area is 120 Å². The molecule has 3 rings (SSSR count). The van der Waals surface area contributed by atoms with Crippen molar-refractivity contribution in [3.8, 4) is 22.6 Å². The number of rotatable bonds is 1. The average Bonchev–Trinajstić information content (AvgIpc) is 2.49. The van der Waals surface area contributed by atoms with Crippen LogP contribution in [-0.4, -0.2) is 20.3 Å². The highest BCUT2D eigenvalue weighted by molar-refractivity contribution is 5.76. The Bertz CT molecular complexity index is 594. The second-order valence-electron chi connectivity index (χ2n) is 4.65. The van der Waals surface area contributed by atoms with Crippen molar-refractivity contribution in [2.24, 2.45) is 5.73 Å². The van der Waals surface area contributed by atoms with Crippen LogP contribution in [0.3, 0.4) is 0 Å². The fourth-order valence-electron chi connectivity index (χ4n) is 2.40. The molecule has 0 fully saturated rings. The number of hydrogen-bond acceptors (Lipinski definition) is 3. The predicted molar refractivity (Wildman–Crippen MR) is 82.5 cm³/mol. The summed E-state index contributed by atoms with van der Waals surface area (Å²) >= 11 is 0. The second kappa shape index (κ2) is 6.44. The van der Waals surface area contributed by atoms with Crippen molar-refractivity contribution in [1.82, 2.24) is 0 Å². The molecule has 0 aliphatic carbocycles. The zero-order valence-corrected chi connectivity index (χ0v) is 12.3. The van der Waals surface area contributed by atoms with Crippen LogP contribution in [0.5, 0.6) is 11.5 Å². The van der Waals surface area contributed by atoms with Crippen molar-refractivity contribution < 1.29 is 9.47 Å². The molecule has 106 valence electrons. The maximum Gasteiger partial charge on any atom is 0.169 e. The Morgan fingerprint density at radius 3 is 2.40 bits per heavy atom. The molecule has 0 spiro atoms. The Balaban J connectivity index is 0.000000704. The van der Waals surface area contributed by atoms with Crippen molar-refractivity contribution in [2.45, 2.75) is 13.8 Å². The SMILES string of the molecule is CN.Cc1ccc(-c2cccc3c2OCCO3)c(C)c1. The molecule has 2 N–H and O–H groups in total. The quantitative estimate of drug-likeness (QED) is 0.865. The molecular weight excluding hydrogens is 250 g/mol. The van der Waals surface area contributed by atoms with Crippen molar-refractivity contribution in [3.63, 3.8) is 0 Å². The van der Waals surface area contributed by atoms with E-state index in [-0.39, 0.29) is 0 Å². The number of para-hydroxylation sites is 1. The summed E-state index contributed by atoms with van der Waals surface area (Å²) in [5.74, 6) is 1.72. The average molecular weight is 271 g/mol. The minimum absolute atomic E-state index is 0.620. The van der Waals surface area contributed by atoms with E-state index in [1.807, 2.05) is 12.1 Å². The van der Waals surface area contributed by atoms with E-state index in [0.29, 0.717) is 13.2 Å². The van der Waals surface area contributed by atoms with Crippen LogP contribution in [0.1, 0.15) is 11.1 Å². The first-order valence-corrected chi connectivity index (χ1v) is 6.79. The molecule has 0 saturated heterocycles. The van der Waals surface area contributed by atoms with Gasteiger partial charge in [0.2, 0.25) is 0 Å². The molecule has 1 aliphatic heterocycles. The fraction of sp³-hybridized carbons (Fsp3) is 0.294. The van der Waals surface area contributed by atoms with E-state index in [0.717, 1.165) is 17.1 Å². The number of ether oxygens (including phenoxy) is 2. The lowest BCUT2D eigenvalue weighted by molar-refractivity contribution is 0.172. The minimum Gasteiger partial charge on any atom is -0.486 e. The molecule has 0 saturated carbocycles. The molecule has 1 aliphatic rings. The maximum atomic E-state index is 5.77. The summed E-state index contributed by atoms with van der Waals surface area (Å²) < 4.78 is 11.4. The van der Waals surface area contributed by atoms with E-state index in [1.54, 1.807) is 0 Å². The van der Waals surface area contributed by atoms with E-state index >= 15 is 0 Å². The van der Waals surface area contributed by atoms with Crippen LogP contribution < -0.4 is 15.2 Å². The smallest absolute Gasteiger partial charge is 0.169 e. The Hall–Kier alpha value is -2.00. The number of hydrogen-bond donors (Lipinski definition) is 1. The first-order valence-electron chi connectivity index (χ1n) is 6.79. The van der Waals surface area contributed by atoms with Gasteiger partial charge in [-0.25, -0.2) is 0 Å². The largest absolute Gasteiger partial charge is 0.486 e. The summed E-state index contributed by atoms with van der Waals surface area (Å²) in [7, 11) is 1.50. The van der Waals surface area contributed by atoms with Crippen LogP contribution in [0, 0.1) is 13.8 Å². The van der Waals surface area contributed by atoms with Gasteiger partial charge < -0.3 is 15.2 Å². The third-order valence-corrected chi connectivity index (χ3v) is 3.24. The summed E-state index contributed by atoms with van der Waals surface area (Å²) in [4.78, 5) is 0. The van der Waals surface area contributed by atoms with E-state index in [2.05, 4.69) is 43.8 Å². The van der Waals surface area contributed by atoms with E-state index < -0.39 is 0 Å². The molecule has 0 atom stereocenters. The Morgan fingerprint density at radius 2 is 1.65 bits per heavy atom. The Kier molecular flexibility index (Phi) is 4.64. The van der Waals surface area contributed by atoms with Crippen LogP contribution in [0.15, 0.2) is 36.4 Å². The van der Waals surface area contributed by atoms with Gasteiger partial charge in [0.1, 0.15) is 13.2 Å². The molecule has 0 amide bonds. The second-order valence-corrected chi connectivity index (χ2v) is 4.65. The molecule has 0 aromatic heterocycles. The van der Waals surface area contributed by atoms with Crippen LogP contribution >= 0.6 is 0 Å². The van der Waals surface area contributed by atoms with Gasteiger partial charge in [-0.3, -0.25) is 0 Å². The number of aryl methyl sites for hydroxylation is 2. The first-order chi connectivity index (χ1) is 9.75. The summed E-state index contributed by atoms with van der Waals surface area (Å²) in [6.07, 6.45) is 0. The molecule has 20 heavy (non-hydrogen) atoms. The third kappa shape index (κ3) is 2.78. The molecule has 2 aromatic rings. The van der Waals surface area contributed by atoms with Gasteiger partial charge in [0.15, 0.2) is 11.5 Å². The molecule has 0 unspecified atom stereocenters. The van der Waals surface area contributed by atoms with Crippen LogP contribution in [-0.2, 0) is 0 Å². The molecule has 0 radical (unpaired) electrons. The van der Waals surface area contributed by atoms with Crippen LogP contribution in [0.4, 0.5) is 0 Å². The standard InChI is InChI=1S/C16H16O2.CH5N/c1-11-6-7-13(12(2)10-11)14-4-3-5-15-16(14)18-9-8-17-15;1-2/h3-7,10H,8-9H2,1-2H3;2H2,1H3. The van der Waals surface area contributed by atoms with Gasteiger partial charge in [-0.2, -0.15) is 0 Å². The van der Waals surface area contributed by atoms with Gasteiger partial charge in [-0.1, -0.05) is 35.9 Å². The van der Waals surface area contributed by atoms with Gasteiger partial charge >= 0.3 is 0 Å². The zero-order valence-electron chi connectivity index (χ0n) is 12.3. The van der Waals surface area contributed by atoms with Gasteiger partial charge in [0.05, 0.1) is 0 Å². The Morgan fingerprint density at radius 1 is 0.900 bits per heavy atom. The van der Waals surface area contributed by atoms with Crippen LogP contribution in [0.2, 0.25) is 0 Å². The van der Waals surface area contributed by atoms with Crippen molar-refractivity contribution >= 4 is 0 Å². The maximum absolute atomic E-state index is 5.77. The number of benzene rings is 2. The molecule has 3 heteroatoms. The minimum atomic E-state index is 0.620. The highest BCUT2D eigenvalue weighted by Crippen LogP contribution is 2.40. The van der Waals surface area contributed by atoms with Crippen LogP contribution in [0.25, 0.3) is 11.1 Å². The summed E-state index contributed by atoms with van der Waals surface area (Å²) in [5.41, 5.74) is 9.36. The van der Waals surface area contributed by atoms with Crippen molar-refractivity contribution in [3.05, 3.63) is 47.5 Å². The van der Waals surface area contributed by atoms with Crippen molar-refractivity contribution in [2.75, 3.05) is 20.3 Å². The molecular formula is C17H21NO2. The van der Waals surface area contributed by atoms with E-state index in [4.69, 9.17) is 9.47 Å². The topological polar surface area (TPSA) is 44.5 Å². The molecule has 3 nitrogen and oxygen atoms in total. The summed E-state index contributed by atoms with van der Waals surface area (Å²) in [6.45, 7) is 5.49. The lowest BCUT2D eigenvalue weighted by Gasteiger charge is -2.21. The van der Waals surface area contributed by atoms with Gasteiger partial charge in [0, 0.05) is 5.56 Å². The highest BCUT2D eigenvalue weighted by Gasteiger charge is 2.17. The van der Waals surface area contributed by atoms with E-state index in [9.17, 15) is 0 Å². The number of fused-ring (bicyclic) bond motifs is 1. The third-order valence-electron chi connectivity index (χ3n) is 3.24. The monoisotopic (exact) mass is 271 g/mol. The van der Waals surface area contributed by atoms with Gasteiger partial charge in [0.25, 0.3) is 0 Å². The normalized spacial score (nSPS) is 12.4. The highest BCUT2D eigenvalue weighted by atomic mass is 16.6. The molecule has 0 bridgehead atoms. The zero-order chi connectivity index (χ0) is 14.5. The van der Waals surface area contributed by atoms with Gasteiger partial charge in [-0.05, 0) is 38.1 Å². The lowest BCUT2D eigenvalue weighted by Crippen LogP contribution is -2.15. The van der Waals surface area contributed by atoms with E-state index in [1.165, 1.54) is 23.7 Å². The molecule has 2 aromatic carbocycles. The summed E-state index contributed by atoms with van der Waals surface area (Å²) in [6, 6.07) is 12.5. The summed E-state index contributed by atoms with van der Waals surface area (Å²) in [5, 5.41) is 0. The first kappa shape index (κ1) is 14.4. The fourth-order valence-corrected chi connectivity index (χ4v) is 2.40. The number of nitrogens with two attached hydrogens (primary N) is 1.